The first-order chi connectivity index (χ1) is 13.7. The van der Waals surface area contributed by atoms with Gasteiger partial charge in [0.25, 0.3) is 5.91 Å². The van der Waals surface area contributed by atoms with Crippen LogP contribution in [0.3, 0.4) is 0 Å². The highest BCUT2D eigenvalue weighted by Crippen LogP contribution is 2.23. The van der Waals surface area contributed by atoms with Gasteiger partial charge in [0.05, 0.1) is 0 Å². The number of benzene rings is 2. The molecule has 1 saturated heterocycles. The van der Waals surface area contributed by atoms with Crippen LogP contribution in [0.5, 0.6) is 0 Å². The maximum absolute atomic E-state index is 12.3. The van der Waals surface area contributed by atoms with Crippen LogP contribution in [0.15, 0.2) is 60.7 Å². The summed E-state index contributed by atoms with van der Waals surface area (Å²) in [5.74, 6) is 0.320. The van der Waals surface area contributed by atoms with Gasteiger partial charge >= 0.3 is 0 Å². The van der Waals surface area contributed by atoms with Gasteiger partial charge in [-0.3, -0.25) is 4.79 Å². The number of hydrogen-bond acceptors (Lipinski definition) is 5. The molecule has 2 aromatic carbocycles. The molecule has 6 nitrogen and oxygen atoms in total. The zero-order valence-electron chi connectivity index (χ0n) is 15.9. The van der Waals surface area contributed by atoms with Gasteiger partial charge in [-0.25, -0.2) is 0 Å². The van der Waals surface area contributed by atoms with E-state index in [1.807, 2.05) is 43.3 Å². The van der Waals surface area contributed by atoms with Gasteiger partial charge in [-0.15, -0.1) is 10.2 Å². The number of rotatable bonds is 5. The van der Waals surface area contributed by atoms with Gasteiger partial charge < -0.3 is 15.5 Å². The first-order valence-electron chi connectivity index (χ1n) is 9.51. The normalized spacial score (nSPS) is 13.4. The van der Waals surface area contributed by atoms with Crippen molar-refractivity contribution in [1.82, 2.24) is 10.2 Å². The molecule has 0 aliphatic carbocycles. The molecule has 4 rings (SSSR count). The van der Waals surface area contributed by atoms with Crippen molar-refractivity contribution in [2.45, 2.75) is 19.8 Å². The van der Waals surface area contributed by atoms with E-state index in [4.69, 9.17) is 0 Å². The van der Waals surface area contributed by atoms with Crippen molar-refractivity contribution in [3.63, 3.8) is 0 Å². The molecule has 3 aromatic rings. The third kappa shape index (κ3) is 4.28. The third-order valence-corrected chi connectivity index (χ3v) is 4.78. The topological polar surface area (TPSA) is 70.2 Å². The molecule has 0 radical (unpaired) electrons. The third-order valence-electron chi connectivity index (χ3n) is 4.78. The van der Waals surface area contributed by atoms with Gasteiger partial charge in [0.15, 0.2) is 11.5 Å². The predicted molar refractivity (Wildman–Crippen MR) is 112 cm³/mol. The van der Waals surface area contributed by atoms with E-state index in [2.05, 4.69) is 37.9 Å². The predicted octanol–water partition coefficient (Wildman–Crippen LogP) is 4.38. The zero-order valence-corrected chi connectivity index (χ0v) is 15.9. The number of aromatic nitrogens is 2. The number of hydrogen-bond donors (Lipinski definition) is 2. The number of nitrogens with one attached hydrogen (secondary N) is 2. The van der Waals surface area contributed by atoms with E-state index >= 15 is 0 Å². The second-order valence-corrected chi connectivity index (χ2v) is 6.99. The number of amides is 1. The molecule has 0 unspecified atom stereocenters. The smallest absolute Gasteiger partial charge is 0.276 e. The van der Waals surface area contributed by atoms with Gasteiger partial charge in [0, 0.05) is 30.2 Å². The summed E-state index contributed by atoms with van der Waals surface area (Å²) in [4.78, 5) is 14.7. The van der Waals surface area contributed by atoms with E-state index in [0.29, 0.717) is 5.82 Å². The average molecular weight is 373 g/mol. The van der Waals surface area contributed by atoms with E-state index in [1.54, 1.807) is 12.1 Å². The Kier molecular flexibility index (Phi) is 5.19. The molecule has 0 saturated carbocycles. The lowest BCUT2D eigenvalue weighted by Gasteiger charge is -2.17. The van der Waals surface area contributed by atoms with E-state index < -0.39 is 0 Å². The molecular weight excluding hydrogens is 350 g/mol. The molecule has 0 bridgehead atoms. The van der Waals surface area contributed by atoms with Crippen molar-refractivity contribution in [2.24, 2.45) is 0 Å². The maximum Gasteiger partial charge on any atom is 0.276 e. The molecule has 2 N–H and O–H groups in total. The van der Waals surface area contributed by atoms with Crippen molar-refractivity contribution < 1.29 is 4.79 Å². The molecule has 1 aromatic heterocycles. The summed E-state index contributed by atoms with van der Waals surface area (Å²) in [5, 5.41) is 14.2. The fourth-order valence-corrected chi connectivity index (χ4v) is 3.32. The zero-order chi connectivity index (χ0) is 19.3. The molecule has 0 atom stereocenters. The summed E-state index contributed by atoms with van der Waals surface area (Å²) in [6.45, 7) is 4.24. The molecule has 1 fully saturated rings. The SMILES string of the molecule is Cc1cccc(NC(=O)c2ccc(Nc3ccc(N4CCCC4)cc3)nn2)c1. The van der Waals surface area contributed by atoms with E-state index in [9.17, 15) is 4.79 Å². The lowest BCUT2D eigenvalue weighted by molar-refractivity contribution is 0.102. The van der Waals surface area contributed by atoms with E-state index in [0.717, 1.165) is 30.0 Å². The van der Waals surface area contributed by atoms with Crippen molar-refractivity contribution >= 4 is 28.8 Å². The lowest BCUT2D eigenvalue weighted by atomic mass is 10.2. The summed E-state index contributed by atoms with van der Waals surface area (Å²) in [6.07, 6.45) is 2.53. The van der Waals surface area contributed by atoms with Crippen LogP contribution in [0.2, 0.25) is 0 Å². The molecule has 2 heterocycles. The maximum atomic E-state index is 12.3. The van der Waals surface area contributed by atoms with Crippen LogP contribution in [0.25, 0.3) is 0 Å². The van der Waals surface area contributed by atoms with E-state index in [1.165, 1.54) is 18.5 Å². The number of carbonyl (C=O) groups excluding carboxylic acids is 1. The Morgan fingerprint density at radius 3 is 2.39 bits per heavy atom. The molecular formula is C22H23N5O. The van der Waals surface area contributed by atoms with E-state index in [-0.39, 0.29) is 11.6 Å². The Bertz CT molecular complexity index is 947. The largest absolute Gasteiger partial charge is 0.372 e. The van der Waals surface area contributed by atoms with Gasteiger partial charge in [-0.05, 0) is 73.9 Å². The Hall–Kier alpha value is -3.41. The highest BCUT2D eigenvalue weighted by molar-refractivity contribution is 6.02. The number of aryl methyl sites for hydroxylation is 1. The Morgan fingerprint density at radius 1 is 0.929 bits per heavy atom. The van der Waals surface area contributed by atoms with Crippen LogP contribution in [0, 0.1) is 6.92 Å². The molecule has 1 aliphatic heterocycles. The van der Waals surface area contributed by atoms with Crippen LogP contribution in [-0.2, 0) is 0 Å². The number of carbonyl (C=O) groups is 1. The molecule has 0 spiro atoms. The van der Waals surface area contributed by atoms with Crippen molar-refractivity contribution in [3.05, 3.63) is 71.9 Å². The van der Waals surface area contributed by atoms with Crippen LogP contribution < -0.4 is 15.5 Å². The highest BCUT2D eigenvalue weighted by atomic mass is 16.1. The van der Waals surface area contributed by atoms with Crippen LogP contribution in [0.4, 0.5) is 22.9 Å². The quantitative estimate of drug-likeness (QED) is 0.694. The summed E-state index contributed by atoms with van der Waals surface area (Å²) in [7, 11) is 0. The monoisotopic (exact) mass is 373 g/mol. The fourth-order valence-electron chi connectivity index (χ4n) is 3.32. The standard InChI is InChI=1S/C22H23N5O/c1-16-5-4-6-18(15-16)24-22(28)20-11-12-21(26-25-20)23-17-7-9-19(10-8-17)27-13-2-3-14-27/h4-12,15H,2-3,13-14H2,1H3,(H,23,26)(H,24,28). The average Bonchev–Trinajstić information content (AvgIpc) is 3.24. The fraction of sp³-hybridized carbons (Fsp3) is 0.227. The van der Waals surface area contributed by atoms with Crippen molar-refractivity contribution in [3.8, 4) is 0 Å². The minimum atomic E-state index is -0.278. The molecule has 1 amide bonds. The number of nitrogens with zero attached hydrogens (tertiary/aromatic N) is 3. The summed E-state index contributed by atoms with van der Waals surface area (Å²) >= 11 is 0. The first kappa shape index (κ1) is 18.0. The molecule has 28 heavy (non-hydrogen) atoms. The van der Waals surface area contributed by atoms with Crippen molar-refractivity contribution in [1.29, 1.82) is 0 Å². The van der Waals surface area contributed by atoms with Crippen LogP contribution in [0.1, 0.15) is 28.9 Å². The van der Waals surface area contributed by atoms with Gasteiger partial charge in [-0.2, -0.15) is 0 Å². The number of anilines is 4. The Morgan fingerprint density at radius 2 is 1.71 bits per heavy atom. The minimum Gasteiger partial charge on any atom is -0.372 e. The minimum absolute atomic E-state index is 0.274. The highest BCUT2D eigenvalue weighted by Gasteiger charge is 2.12. The summed E-state index contributed by atoms with van der Waals surface area (Å²) < 4.78 is 0. The summed E-state index contributed by atoms with van der Waals surface area (Å²) in [6, 6.07) is 19.4. The van der Waals surface area contributed by atoms with Crippen molar-refractivity contribution in [2.75, 3.05) is 28.6 Å². The molecule has 1 aliphatic rings. The van der Waals surface area contributed by atoms with Crippen LogP contribution in [-0.4, -0.2) is 29.2 Å². The van der Waals surface area contributed by atoms with Crippen LogP contribution >= 0.6 is 0 Å². The molecule has 142 valence electrons. The lowest BCUT2D eigenvalue weighted by Crippen LogP contribution is -2.17. The first-order valence-corrected chi connectivity index (χ1v) is 9.51. The summed E-state index contributed by atoms with van der Waals surface area (Å²) in [5.41, 5.74) is 4.29. The Balaban J connectivity index is 1.38. The van der Waals surface area contributed by atoms with Gasteiger partial charge in [0.2, 0.25) is 0 Å². The molecule has 6 heteroatoms. The Labute approximate surface area is 164 Å². The van der Waals surface area contributed by atoms with Gasteiger partial charge in [0.1, 0.15) is 0 Å². The van der Waals surface area contributed by atoms with Gasteiger partial charge in [-0.1, -0.05) is 12.1 Å². The second-order valence-electron chi connectivity index (χ2n) is 6.99. The second kappa shape index (κ2) is 8.08.